The number of hydrogen-bond donors (Lipinski definition) is 1. The third-order valence-corrected chi connectivity index (χ3v) is 3.60. The van der Waals surface area contributed by atoms with E-state index in [4.69, 9.17) is 9.26 Å². The third kappa shape index (κ3) is 6.57. The molecule has 136 valence electrons. The molecule has 0 aliphatic rings. The van der Waals surface area contributed by atoms with Crippen molar-refractivity contribution < 1.29 is 14.1 Å². The SMILES string of the molecule is CC(C)Oc1ccc(CCNC(=O)CCc2nc(C(C)C)no2)cc1. The van der Waals surface area contributed by atoms with Gasteiger partial charge in [0.2, 0.25) is 11.8 Å². The summed E-state index contributed by atoms with van der Waals surface area (Å²) in [4.78, 5) is 16.2. The quantitative estimate of drug-likeness (QED) is 0.755. The molecule has 1 N–H and O–H groups in total. The van der Waals surface area contributed by atoms with Crippen LogP contribution < -0.4 is 10.1 Å². The first-order valence-corrected chi connectivity index (χ1v) is 8.79. The van der Waals surface area contributed by atoms with E-state index in [0.717, 1.165) is 17.7 Å². The van der Waals surface area contributed by atoms with Gasteiger partial charge in [-0.2, -0.15) is 4.98 Å². The van der Waals surface area contributed by atoms with Crippen molar-refractivity contribution in [2.24, 2.45) is 0 Å². The summed E-state index contributed by atoms with van der Waals surface area (Å²) in [5, 5.41) is 6.81. The molecule has 0 radical (unpaired) electrons. The van der Waals surface area contributed by atoms with Crippen LogP contribution in [0.3, 0.4) is 0 Å². The van der Waals surface area contributed by atoms with Crippen molar-refractivity contribution >= 4 is 5.91 Å². The van der Waals surface area contributed by atoms with Gasteiger partial charge in [-0.3, -0.25) is 4.79 Å². The number of carbonyl (C=O) groups is 1. The van der Waals surface area contributed by atoms with Gasteiger partial charge >= 0.3 is 0 Å². The van der Waals surface area contributed by atoms with Crippen molar-refractivity contribution in [3.05, 3.63) is 41.5 Å². The molecule has 0 spiro atoms. The highest BCUT2D eigenvalue weighted by Crippen LogP contribution is 2.14. The van der Waals surface area contributed by atoms with Crippen LogP contribution in [0.1, 0.15) is 57.3 Å². The van der Waals surface area contributed by atoms with E-state index in [9.17, 15) is 4.79 Å². The first-order valence-electron chi connectivity index (χ1n) is 8.79. The molecule has 0 saturated carbocycles. The second-order valence-corrected chi connectivity index (χ2v) is 6.61. The molecule has 6 nitrogen and oxygen atoms in total. The van der Waals surface area contributed by atoms with Crippen LogP contribution in [0.2, 0.25) is 0 Å². The van der Waals surface area contributed by atoms with E-state index in [2.05, 4.69) is 15.5 Å². The molecule has 0 aliphatic heterocycles. The Bertz CT molecular complexity index is 663. The number of aryl methyl sites for hydroxylation is 1. The molecule has 0 fully saturated rings. The Balaban J connectivity index is 1.67. The highest BCUT2D eigenvalue weighted by molar-refractivity contribution is 5.76. The molecular formula is C19H27N3O3. The summed E-state index contributed by atoms with van der Waals surface area (Å²) in [5.74, 6) is 2.27. The Hall–Kier alpha value is -2.37. The Morgan fingerprint density at radius 1 is 1.16 bits per heavy atom. The normalized spacial score (nSPS) is 11.1. The van der Waals surface area contributed by atoms with Gasteiger partial charge in [0.25, 0.3) is 0 Å². The minimum Gasteiger partial charge on any atom is -0.491 e. The van der Waals surface area contributed by atoms with Crippen molar-refractivity contribution in [1.82, 2.24) is 15.5 Å². The fraction of sp³-hybridized carbons (Fsp3) is 0.526. The lowest BCUT2D eigenvalue weighted by molar-refractivity contribution is -0.121. The number of amides is 1. The van der Waals surface area contributed by atoms with E-state index in [1.165, 1.54) is 0 Å². The summed E-state index contributed by atoms with van der Waals surface area (Å²) in [6.07, 6.45) is 1.76. The van der Waals surface area contributed by atoms with E-state index >= 15 is 0 Å². The second-order valence-electron chi connectivity index (χ2n) is 6.61. The molecule has 0 bridgehead atoms. The lowest BCUT2D eigenvalue weighted by Crippen LogP contribution is -2.25. The number of aromatic nitrogens is 2. The Morgan fingerprint density at radius 2 is 1.88 bits per heavy atom. The maximum atomic E-state index is 11.9. The second kappa shape index (κ2) is 9.20. The first-order chi connectivity index (χ1) is 11.9. The summed E-state index contributed by atoms with van der Waals surface area (Å²) in [7, 11) is 0. The maximum absolute atomic E-state index is 11.9. The number of hydrogen-bond acceptors (Lipinski definition) is 5. The minimum atomic E-state index is -0.0101. The number of nitrogens with one attached hydrogen (secondary N) is 1. The van der Waals surface area contributed by atoms with Gasteiger partial charge in [0.05, 0.1) is 6.10 Å². The molecule has 25 heavy (non-hydrogen) atoms. The summed E-state index contributed by atoms with van der Waals surface area (Å²) in [5.41, 5.74) is 1.16. The minimum absolute atomic E-state index is 0.0101. The molecule has 1 heterocycles. The fourth-order valence-corrected chi connectivity index (χ4v) is 2.27. The molecule has 2 rings (SSSR count). The number of benzene rings is 1. The average Bonchev–Trinajstić information content (AvgIpc) is 3.03. The number of carbonyl (C=O) groups excluding carboxylic acids is 1. The van der Waals surface area contributed by atoms with Crippen molar-refractivity contribution in [2.45, 2.75) is 59.0 Å². The predicted octanol–water partition coefficient (Wildman–Crippen LogP) is 3.27. The van der Waals surface area contributed by atoms with Crippen LogP contribution >= 0.6 is 0 Å². The Labute approximate surface area is 149 Å². The van der Waals surface area contributed by atoms with Gasteiger partial charge in [0, 0.05) is 25.3 Å². The van der Waals surface area contributed by atoms with Gasteiger partial charge in [-0.1, -0.05) is 31.1 Å². The van der Waals surface area contributed by atoms with Crippen LogP contribution in [0.5, 0.6) is 5.75 Å². The zero-order chi connectivity index (χ0) is 18.2. The summed E-state index contributed by atoms with van der Waals surface area (Å²) >= 11 is 0. The zero-order valence-electron chi connectivity index (χ0n) is 15.4. The molecule has 0 saturated heterocycles. The van der Waals surface area contributed by atoms with Crippen LogP contribution in [0, 0.1) is 0 Å². The number of rotatable bonds is 9. The van der Waals surface area contributed by atoms with E-state index in [1.807, 2.05) is 52.0 Å². The Kier molecular flexibility index (Phi) is 6.98. The topological polar surface area (TPSA) is 77.2 Å². The van der Waals surface area contributed by atoms with Crippen molar-refractivity contribution in [2.75, 3.05) is 6.54 Å². The lowest BCUT2D eigenvalue weighted by Gasteiger charge is -2.10. The predicted molar refractivity (Wildman–Crippen MR) is 95.6 cm³/mol. The summed E-state index contributed by atoms with van der Waals surface area (Å²) in [6.45, 7) is 8.61. The van der Waals surface area contributed by atoms with E-state index in [0.29, 0.717) is 31.1 Å². The lowest BCUT2D eigenvalue weighted by atomic mass is 10.1. The van der Waals surface area contributed by atoms with Crippen molar-refractivity contribution in [3.8, 4) is 5.75 Å². The molecule has 2 aromatic rings. The maximum Gasteiger partial charge on any atom is 0.227 e. The van der Waals surface area contributed by atoms with Gasteiger partial charge in [0.1, 0.15) is 5.75 Å². The van der Waals surface area contributed by atoms with Crippen LogP contribution in [-0.4, -0.2) is 28.7 Å². The van der Waals surface area contributed by atoms with Gasteiger partial charge in [-0.05, 0) is 38.0 Å². The zero-order valence-corrected chi connectivity index (χ0v) is 15.4. The van der Waals surface area contributed by atoms with Crippen LogP contribution in [-0.2, 0) is 17.6 Å². The van der Waals surface area contributed by atoms with Gasteiger partial charge in [-0.15, -0.1) is 0 Å². The smallest absolute Gasteiger partial charge is 0.227 e. The number of ether oxygens (including phenoxy) is 1. The molecule has 1 aromatic carbocycles. The largest absolute Gasteiger partial charge is 0.491 e. The molecule has 1 aromatic heterocycles. The van der Waals surface area contributed by atoms with E-state index in [1.54, 1.807) is 0 Å². The van der Waals surface area contributed by atoms with E-state index < -0.39 is 0 Å². The third-order valence-electron chi connectivity index (χ3n) is 3.60. The van der Waals surface area contributed by atoms with Crippen molar-refractivity contribution in [1.29, 1.82) is 0 Å². The first kappa shape index (κ1) is 19.0. The monoisotopic (exact) mass is 345 g/mol. The standard InChI is InChI=1S/C19H27N3O3/c1-13(2)19-21-18(25-22-19)10-9-17(23)20-12-11-15-5-7-16(8-6-15)24-14(3)4/h5-8,13-14H,9-12H2,1-4H3,(H,20,23). The molecule has 0 aliphatic carbocycles. The number of nitrogens with zero attached hydrogens (tertiary/aromatic N) is 2. The van der Waals surface area contributed by atoms with Crippen LogP contribution in [0.4, 0.5) is 0 Å². The van der Waals surface area contributed by atoms with Gasteiger partial charge in [0.15, 0.2) is 5.82 Å². The highest BCUT2D eigenvalue weighted by atomic mass is 16.5. The van der Waals surface area contributed by atoms with Gasteiger partial charge < -0.3 is 14.6 Å². The summed E-state index contributed by atoms with van der Waals surface area (Å²) in [6, 6.07) is 7.96. The molecule has 0 unspecified atom stereocenters. The van der Waals surface area contributed by atoms with Crippen LogP contribution in [0.15, 0.2) is 28.8 Å². The molecule has 0 atom stereocenters. The molecular weight excluding hydrogens is 318 g/mol. The van der Waals surface area contributed by atoms with E-state index in [-0.39, 0.29) is 17.9 Å². The van der Waals surface area contributed by atoms with Crippen molar-refractivity contribution in [3.63, 3.8) is 0 Å². The highest BCUT2D eigenvalue weighted by Gasteiger charge is 2.11. The molecule has 1 amide bonds. The average molecular weight is 345 g/mol. The van der Waals surface area contributed by atoms with Gasteiger partial charge in [-0.25, -0.2) is 0 Å². The molecule has 6 heteroatoms. The van der Waals surface area contributed by atoms with Crippen LogP contribution in [0.25, 0.3) is 0 Å². The Morgan fingerprint density at radius 3 is 2.48 bits per heavy atom. The fourth-order valence-electron chi connectivity index (χ4n) is 2.27. The summed E-state index contributed by atoms with van der Waals surface area (Å²) < 4.78 is 10.7.